The van der Waals surface area contributed by atoms with Crippen molar-refractivity contribution in [3.63, 3.8) is 0 Å². The van der Waals surface area contributed by atoms with Crippen LogP contribution in [0, 0.1) is 17.8 Å². The van der Waals surface area contributed by atoms with E-state index in [9.17, 15) is 30.3 Å². The number of carbonyl (C=O) groups is 1. The lowest BCUT2D eigenvalue weighted by atomic mass is 9.71. The van der Waals surface area contributed by atoms with E-state index >= 15 is 0 Å². The maximum absolute atomic E-state index is 12.9. The average molecular weight is 921 g/mol. The molecular formula is C49H76O16. The standard InChI is InChI=1S/C49H76O16/c1-12-26(2)42-29(5)18-19-48(65-42)23-33(50)20-34(64-48)17-16-28(4)41(62-39-22-37(57-10)43(31(7)61-39)63-38-21-36(56-9)40(51)30(6)60-38)27(3)14-13-15-32-25-59-45-44(52)47(8,54)24-35(46(53)58-11)49(32,45)55/h13-16,18-19,24,26-27,29-31,33-34,36-45,50-52,54-55H,12,17,20-23,25H2,1-11H3/b14-13+,28-16+,32-15+/t26-,27-,29-,30-,31-,33-,34+,36-,37-,38-,39-,40-,41-,42+,43-,44-,45+,47+,48+,49+/m0/s1. The van der Waals surface area contributed by atoms with E-state index in [2.05, 4.69) is 32.9 Å². The summed E-state index contributed by atoms with van der Waals surface area (Å²) in [5, 5.41) is 55.5. The zero-order valence-electron chi connectivity index (χ0n) is 40.0. The van der Waals surface area contributed by atoms with Gasteiger partial charge in [0.25, 0.3) is 0 Å². The van der Waals surface area contributed by atoms with Gasteiger partial charge in [0.2, 0.25) is 0 Å². The van der Waals surface area contributed by atoms with Gasteiger partial charge in [-0.2, -0.15) is 0 Å². The van der Waals surface area contributed by atoms with E-state index in [1.807, 2.05) is 32.9 Å². The smallest absolute Gasteiger partial charge is 0.336 e. The monoisotopic (exact) mass is 921 g/mol. The lowest BCUT2D eigenvalue weighted by molar-refractivity contribution is -0.318. The summed E-state index contributed by atoms with van der Waals surface area (Å²) < 4.78 is 61.5. The zero-order chi connectivity index (χ0) is 47.6. The summed E-state index contributed by atoms with van der Waals surface area (Å²) in [5.41, 5.74) is -2.94. The summed E-state index contributed by atoms with van der Waals surface area (Å²) in [6.45, 7) is 15.3. The normalized spacial score (nSPS) is 44.5. The molecule has 0 aromatic heterocycles. The molecule has 1 spiro atoms. The van der Waals surface area contributed by atoms with Crippen LogP contribution in [0.2, 0.25) is 0 Å². The van der Waals surface area contributed by atoms with Crippen molar-refractivity contribution in [1.29, 1.82) is 0 Å². The van der Waals surface area contributed by atoms with E-state index in [0.717, 1.165) is 18.1 Å². The van der Waals surface area contributed by atoms with Crippen LogP contribution in [0.5, 0.6) is 0 Å². The third kappa shape index (κ3) is 11.2. The highest BCUT2D eigenvalue weighted by Crippen LogP contribution is 2.46. The highest BCUT2D eigenvalue weighted by Gasteiger charge is 2.61. The number of fused-ring (bicyclic) bond motifs is 1. The van der Waals surface area contributed by atoms with Crippen LogP contribution in [-0.4, -0.2) is 162 Å². The van der Waals surface area contributed by atoms with Gasteiger partial charge < -0.3 is 72.9 Å². The first-order valence-corrected chi connectivity index (χ1v) is 23.4. The summed E-state index contributed by atoms with van der Waals surface area (Å²) in [4.78, 5) is 12.9. The minimum absolute atomic E-state index is 0.0372. The molecule has 65 heavy (non-hydrogen) atoms. The van der Waals surface area contributed by atoms with E-state index in [1.165, 1.54) is 14.0 Å². The van der Waals surface area contributed by atoms with Gasteiger partial charge in [0, 0.05) is 51.7 Å². The van der Waals surface area contributed by atoms with Gasteiger partial charge in [-0.25, -0.2) is 4.79 Å². The third-order valence-corrected chi connectivity index (χ3v) is 14.4. The maximum Gasteiger partial charge on any atom is 0.336 e. The van der Waals surface area contributed by atoms with Gasteiger partial charge in [-0.05, 0) is 63.3 Å². The first-order valence-electron chi connectivity index (χ1n) is 23.4. The maximum atomic E-state index is 12.9. The minimum atomic E-state index is -2.05. The molecule has 368 valence electrons. The molecule has 16 nitrogen and oxygen atoms in total. The number of ether oxygens (including phenoxy) is 10. The number of carbonyl (C=O) groups excluding carboxylic acids is 1. The predicted molar refractivity (Wildman–Crippen MR) is 237 cm³/mol. The highest BCUT2D eigenvalue weighted by molar-refractivity contribution is 5.93. The Bertz CT molecular complexity index is 1780. The summed E-state index contributed by atoms with van der Waals surface area (Å²) in [6, 6.07) is 0. The van der Waals surface area contributed by atoms with Crippen LogP contribution in [0.25, 0.3) is 0 Å². The van der Waals surface area contributed by atoms with Crippen LogP contribution in [0.1, 0.15) is 93.9 Å². The van der Waals surface area contributed by atoms with Crippen LogP contribution in [0.15, 0.2) is 59.3 Å². The van der Waals surface area contributed by atoms with E-state index in [-0.39, 0.29) is 36.2 Å². The molecule has 4 saturated heterocycles. The van der Waals surface area contributed by atoms with E-state index in [4.69, 9.17) is 47.4 Å². The molecule has 5 heterocycles. The van der Waals surface area contributed by atoms with Crippen molar-refractivity contribution in [2.45, 2.75) is 197 Å². The highest BCUT2D eigenvalue weighted by atomic mass is 16.7. The number of esters is 1. The van der Waals surface area contributed by atoms with Gasteiger partial charge in [0.15, 0.2) is 18.4 Å². The molecule has 0 aromatic carbocycles. The van der Waals surface area contributed by atoms with Crippen molar-refractivity contribution < 1.29 is 77.7 Å². The Morgan fingerprint density at radius 2 is 1.66 bits per heavy atom. The molecule has 0 aromatic rings. The predicted octanol–water partition coefficient (Wildman–Crippen LogP) is 4.10. The number of aliphatic hydroxyl groups is 5. The molecule has 1 aliphatic carbocycles. The average Bonchev–Trinajstić information content (AvgIpc) is 3.61. The fraction of sp³-hybridized carbons (Fsp3) is 0.776. The number of hydrogen-bond donors (Lipinski definition) is 5. The molecule has 0 saturated carbocycles. The molecule has 0 radical (unpaired) electrons. The largest absolute Gasteiger partial charge is 0.466 e. The second kappa shape index (κ2) is 21.5. The van der Waals surface area contributed by atoms with Gasteiger partial charge >= 0.3 is 5.97 Å². The van der Waals surface area contributed by atoms with Gasteiger partial charge in [-0.1, -0.05) is 64.5 Å². The molecule has 4 fully saturated rings. The van der Waals surface area contributed by atoms with E-state index in [1.54, 1.807) is 33.3 Å². The zero-order valence-corrected chi connectivity index (χ0v) is 40.0. The van der Waals surface area contributed by atoms with Crippen LogP contribution >= 0.6 is 0 Å². The quantitative estimate of drug-likeness (QED) is 0.116. The molecule has 20 atom stereocenters. The number of hydrogen-bond acceptors (Lipinski definition) is 16. The van der Waals surface area contributed by atoms with Crippen molar-refractivity contribution in [2.75, 3.05) is 27.9 Å². The van der Waals surface area contributed by atoms with Gasteiger partial charge in [-0.3, -0.25) is 0 Å². The molecule has 5 aliphatic heterocycles. The summed E-state index contributed by atoms with van der Waals surface area (Å²) in [5.74, 6) is -1.65. The third-order valence-electron chi connectivity index (χ3n) is 14.4. The van der Waals surface area contributed by atoms with Crippen molar-refractivity contribution in [3.05, 3.63) is 59.3 Å². The minimum Gasteiger partial charge on any atom is -0.466 e. The molecule has 6 rings (SSSR count). The molecule has 0 bridgehead atoms. The Morgan fingerprint density at radius 3 is 2.34 bits per heavy atom. The molecule has 5 N–H and O–H groups in total. The fourth-order valence-corrected chi connectivity index (χ4v) is 10.3. The first-order chi connectivity index (χ1) is 30.7. The van der Waals surface area contributed by atoms with E-state index in [0.29, 0.717) is 43.6 Å². The molecular weight excluding hydrogens is 845 g/mol. The lowest BCUT2D eigenvalue weighted by Gasteiger charge is -2.47. The molecule has 0 amide bonds. The Labute approximate surface area is 384 Å². The molecule has 0 unspecified atom stereocenters. The van der Waals surface area contributed by atoms with Gasteiger partial charge in [-0.15, -0.1) is 0 Å². The number of methoxy groups -OCH3 is 3. The Balaban J connectivity index is 1.23. The molecule has 6 aliphatic rings. The fourth-order valence-electron chi connectivity index (χ4n) is 10.3. The van der Waals surface area contributed by atoms with Crippen molar-refractivity contribution in [1.82, 2.24) is 0 Å². The lowest BCUT2D eigenvalue weighted by Crippen LogP contribution is -2.61. The van der Waals surface area contributed by atoms with Crippen molar-refractivity contribution in [2.24, 2.45) is 17.8 Å². The summed E-state index contributed by atoms with van der Waals surface area (Å²) in [7, 11) is 4.35. The number of allylic oxidation sites excluding steroid dienone is 2. The van der Waals surface area contributed by atoms with Gasteiger partial charge in [0.1, 0.15) is 35.6 Å². The van der Waals surface area contributed by atoms with Crippen LogP contribution < -0.4 is 0 Å². The Morgan fingerprint density at radius 1 is 0.969 bits per heavy atom. The first kappa shape index (κ1) is 52.0. The Hall–Kier alpha value is -2.39. The van der Waals surface area contributed by atoms with Crippen LogP contribution in [0.4, 0.5) is 0 Å². The van der Waals surface area contributed by atoms with E-state index < -0.39 is 96.6 Å². The van der Waals surface area contributed by atoms with Crippen LogP contribution in [0.3, 0.4) is 0 Å². The molecule has 16 heteroatoms. The topological polar surface area (TPSA) is 211 Å². The Kier molecular flexibility index (Phi) is 17.2. The van der Waals surface area contributed by atoms with Crippen molar-refractivity contribution in [3.8, 4) is 0 Å². The summed E-state index contributed by atoms with van der Waals surface area (Å²) in [6.07, 6.45) is 6.56. The summed E-state index contributed by atoms with van der Waals surface area (Å²) >= 11 is 0. The van der Waals surface area contributed by atoms with Crippen molar-refractivity contribution >= 4 is 5.97 Å². The second-order valence-corrected chi connectivity index (χ2v) is 19.4. The SMILES string of the molecule is CC[C@H](C)[C@H]1O[C@]2(C=C[C@@H]1C)C[C@@H](O)C[C@@H](C/C=C(\C)[C@@H](O[C@H]1C[C@H](OC)[C@@H](O[C@H]3C[C@H](OC)[C@@H](O)[C@H](C)O3)[C@H](C)O1)[C@@H](C)/C=C/C=C1\CO[C@@H]3[C@H](O)[C@](C)(O)C=C(C(=O)OC)[C@]13O)O2. The van der Waals surface area contributed by atoms with Gasteiger partial charge in [0.05, 0.1) is 68.1 Å². The van der Waals surface area contributed by atoms with Crippen LogP contribution in [-0.2, 0) is 52.2 Å². The number of rotatable bonds is 15. The number of aliphatic hydroxyl groups excluding tert-OH is 3. The second-order valence-electron chi connectivity index (χ2n) is 19.4.